The Balaban J connectivity index is 1.22. The predicted molar refractivity (Wildman–Crippen MR) is 199 cm³/mol. The minimum atomic E-state index is -3.62. The zero-order chi connectivity index (χ0) is 36.0. The maximum Gasteiger partial charge on any atom is 0.264 e. The van der Waals surface area contributed by atoms with Crippen LogP contribution in [0.2, 0.25) is 0 Å². The molecular weight excluding hydrogens is 665 g/mol. The lowest BCUT2D eigenvalue weighted by atomic mass is 10.0. The Morgan fingerprint density at radius 1 is 0.784 bits per heavy atom. The first-order valence-corrected chi connectivity index (χ1v) is 18.8. The summed E-state index contributed by atoms with van der Waals surface area (Å²) in [6.07, 6.45) is 3.54. The summed E-state index contributed by atoms with van der Waals surface area (Å²) in [6, 6.07) is 30.1. The molecule has 0 saturated carbocycles. The van der Waals surface area contributed by atoms with Crippen LogP contribution >= 0.6 is 0 Å². The van der Waals surface area contributed by atoms with Crippen molar-refractivity contribution in [1.29, 1.82) is 0 Å². The molecule has 4 aromatic rings. The first kappa shape index (κ1) is 35.7. The number of amides is 2. The van der Waals surface area contributed by atoms with Crippen LogP contribution in [0.4, 0.5) is 5.69 Å². The van der Waals surface area contributed by atoms with Gasteiger partial charge in [-0.3, -0.25) is 24.1 Å². The molecule has 0 aliphatic carbocycles. The molecule has 4 aromatic carbocycles. The van der Waals surface area contributed by atoms with E-state index >= 15 is 0 Å². The van der Waals surface area contributed by atoms with Crippen molar-refractivity contribution in [2.45, 2.75) is 31.8 Å². The summed E-state index contributed by atoms with van der Waals surface area (Å²) in [5.41, 5.74) is 4.32. The summed E-state index contributed by atoms with van der Waals surface area (Å²) >= 11 is 0. The number of anilines is 1. The van der Waals surface area contributed by atoms with Gasteiger partial charge in [-0.15, -0.1) is 0 Å². The first-order chi connectivity index (χ1) is 24.7. The molecule has 266 valence electrons. The molecule has 11 heteroatoms. The normalized spacial score (nSPS) is 16.3. The van der Waals surface area contributed by atoms with Crippen molar-refractivity contribution in [3.05, 3.63) is 137 Å². The minimum absolute atomic E-state index is 0.0823. The Morgan fingerprint density at radius 2 is 1.47 bits per heavy atom. The fourth-order valence-corrected chi connectivity index (χ4v) is 7.81. The van der Waals surface area contributed by atoms with Crippen molar-refractivity contribution >= 4 is 27.5 Å². The zero-order valence-electron chi connectivity index (χ0n) is 29.2. The predicted octanol–water partition coefficient (Wildman–Crippen LogP) is 5.99. The van der Waals surface area contributed by atoms with E-state index in [4.69, 9.17) is 9.47 Å². The lowest BCUT2D eigenvalue weighted by molar-refractivity contribution is 0.0583. The molecule has 2 aliphatic heterocycles. The van der Waals surface area contributed by atoms with E-state index in [1.54, 1.807) is 30.3 Å². The van der Waals surface area contributed by atoms with Gasteiger partial charge in [0.05, 0.1) is 42.8 Å². The maximum absolute atomic E-state index is 14.4. The topological polar surface area (TPSA) is 108 Å². The van der Waals surface area contributed by atoms with E-state index in [1.165, 1.54) is 30.9 Å². The quantitative estimate of drug-likeness (QED) is 0.159. The lowest BCUT2D eigenvalue weighted by Gasteiger charge is -2.39. The van der Waals surface area contributed by atoms with Crippen molar-refractivity contribution in [2.75, 3.05) is 51.1 Å². The van der Waals surface area contributed by atoms with Crippen molar-refractivity contribution in [2.24, 2.45) is 0 Å². The fraction of sp³-hybridized carbons (Fsp3) is 0.300. The monoisotopic (exact) mass is 708 g/mol. The van der Waals surface area contributed by atoms with Gasteiger partial charge in [0.2, 0.25) is 10.0 Å². The van der Waals surface area contributed by atoms with Crippen LogP contribution in [-0.4, -0.2) is 76.2 Å². The van der Waals surface area contributed by atoms with Gasteiger partial charge in [0, 0.05) is 38.4 Å². The number of benzene rings is 4. The second-order valence-corrected chi connectivity index (χ2v) is 14.6. The summed E-state index contributed by atoms with van der Waals surface area (Å²) in [5.74, 6) is 0.0888. The molecule has 1 N–H and O–H groups in total. The molecule has 2 amide bonds. The van der Waals surface area contributed by atoms with Gasteiger partial charge in [-0.05, 0) is 60.7 Å². The number of nitrogens with one attached hydrogen (secondary N) is 1. The fourth-order valence-electron chi connectivity index (χ4n) is 6.88. The van der Waals surface area contributed by atoms with E-state index in [2.05, 4.69) is 45.7 Å². The van der Waals surface area contributed by atoms with Gasteiger partial charge in [0.25, 0.3) is 11.8 Å². The van der Waals surface area contributed by atoms with Crippen LogP contribution in [0.15, 0.2) is 109 Å². The van der Waals surface area contributed by atoms with E-state index in [0.29, 0.717) is 47.7 Å². The Bertz CT molecular complexity index is 1980. The summed E-state index contributed by atoms with van der Waals surface area (Å²) < 4.78 is 39.1. The third-order valence-electron chi connectivity index (χ3n) is 9.74. The molecule has 0 bridgehead atoms. The maximum atomic E-state index is 14.4. The first-order valence-electron chi connectivity index (χ1n) is 17.2. The third-order valence-corrected chi connectivity index (χ3v) is 11.0. The number of carbonyl (C=O) groups is 2. The molecule has 2 unspecified atom stereocenters. The van der Waals surface area contributed by atoms with Crippen LogP contribution in [0, 0.1) is 0 Å². The van der Waals surface area contributed by atoms with Crippen molar-refractivity contribution in [3.8, 4) is 11.5 Å². The number of piperazine rings is 1. The van der Waals surface area contributed by atoms with Crippen molar-refractivity contribution < 1.29 is 27.5 Å². The molecule has 10 nitrogen and oxygen atoms in total. The number of aryl methyl sites for hydroxylation is 1. The van der Waals surface area contributed by atoms with Gasteiger partial charge in [-0.2, -0.15) is 0 Å². The van der Waals surface area contributed by atoms with Crippen molar-refractivity contribution in [3.63, 3.8) is 0 Å². The van der Waals surface area contributed by atoms with E-state index < -0.39 is 22.0 Å². The second-order valence-electron chi connectivity index (χ2n) is 12.7. The van der Waals surface area contributed by atoms with E-state index in [0.717, 1.165) is 24.3 Å². The SMILES string of the molecule is COc1ccc(C(CC=CNS(=O)(=O)CCc2ccccc2)N2C(=O)c3cccc(N4CCN(C(C)c5ccccc5)CC4)c3C2=O)cc1OC. The Kier molecular flexibility index (Phi) is 11.1. The lowest BCUT2D eigenvalue weighted by Crippen LogP contribution is -2.47. The number of hydrogen-bond donors (Lipinski definition) is 1. The molecule has 6 rings (SSSR count). The molecule has 2 atom stereocenters. The molecular formula is C40H44N4O6S. The Morgan fingerprint density at radius 3 is 2.16 bits per heavy atom. The van der Waals surface area contributed by atoms with Crippen LogP contribution in [0.25, 0.3) is 0 Å². The number of nitrogens with zero attached hydrogens (tertiary/aromatic N) is 3. The molecule has 51 heavy (non-hydrogen) atoms. The standard InChI is InChI=1S/C40H44N4O6S/c1-29(31-14-8-5-9-15-31)42-23-25-43(26-24-42)35-17-10-16-33-38(35)40(46)44(39(33)45)34(32-19-20-36(49-2)37(28-32)50-3)18-11-22-41-51(47,48)27-21-30-12-6-4-7-13-30/h4-17,19-20,22,28-29,34,41H,18,21,23-27H2,1-3H3. The van der Waals surface area contributed by atoms with Gasteiger partial charge in [-0.1, -0.05) is 78.9 Å². The number of ether oxygens (including phenoxy) is 2. The van der Waals surface area contributed by atoms with Gasteiger partial charge >= 0.3 is 0 Å². The van der Waals surface area contributed by atoms with Crippen LogP contribution in [-0.2, 0) is 16.4 Å². The Labute approximate surface area is 300 Å². The van der Waals surface area contributed by atoms with E-state index in [9.17, 15) is 18.0 Å². The molecule has 0 aromatic heterocycles. The van der Waals surface area contributed by atoms with Crippen LogP contribution < -0.4 is 19.1 Å². The number of imide groups is 1. The average Bonchev–Trinajstić information content (AvgIpc) is 3.43. The van der Waals surface area contributed by atoms with Crippen LogP contribution in [0.3, 0.4) is 0 Å². The summed E-state index contributed by atoms with van der Waals surface area (Å²) in [4.78, 5) is 34.5. The number of sulfonamides is 1. The number of rotatable bonds is 14. The molecule has 0 radical (unpaired) electrons. The van der Waals surface area contributed by atoms with Crippen LogP contribution in [0.5, 0.6) is 11.5 Å². The third kappa shape index (κ3) is 7.95. The highest BCUT2D eigenvalue weighted by atomic mass is 32.2. The number of methoxy groups -OCH3 is 2. The van der Waals surface area contributed by atoms with E-state index in [-0.39, 0.29) is 24.1 Å². The highest BCUT2D eigenvalue weighted by Gasteiger charge is 2.43. The molecule has 1 fully saturated rings. The van der Waals surface area contributed by atoms with Gasteiger partial charge < -0.3 is 14.4 Å². The number of hydrogen-bond acceptors (Lipinski definition) is 8. The average molecular weight is 709 g/mol. The highest BCUT2D eigenvalue weighted by Crippen LogP contribution is 2.40. The summed E-state index contributed by atoms with van der Waals surface area (Å²) in [6.45, 7) is 5.25. The zero-order valence-corrected chi connectivity index (χ0v) is 30.0. The van der Waals surface area contributed by atoms with Crippen molar-refractivity contribution in [1.82, 2.24) is 14.5 Å². The van der Waals surface area contributed by atoms with Gasteiger partial charge in [0.15, 0.2) is 11.5 Å². The molecule has 0 spiro atoms. The summed E-state index contributed by atoms with van der Waals surface area (Å²) in [5, 5.41) is 0. The minimum Gasteiger partial charge on any atom is -0.493 e. The number of carbonyl (C=O) groups excluding carboxylic acids is 2. The highest BCUT2D eigenvalue weighted by molar-refractivity contribution is 7.89. The van der Waals surface area contributed by atoms with Gasteiger partial charge in [0.1, 0.15) is 0 Å². The molecule has 2 aliphatic rings. The Hall–Kier alpha value is -5.13. The molecule has 1 saturated heterocycles. The largest absolute Gasteiger partial charge is 0.493 e. The number of fused-ring (bicyclic) bond motifs is 1. The second kappa shape index (κ2) is 15.8. The van der Waals surface area contributed by atoms with E-state index in [1.807, 2.05) is 48.5 Å². The molecule has 2 heterocycles. The van der Waals surface area contributed by atoms with Crippen LogP contribution in [0.1, 0.15) is 62.8 Å². The van der Waals surface area contributed by atoms with Gasteiger partial charge in [-0.25, -0.2) is 8.42 Å². The summed E-state index contributed by atoms with van der Waals surface area (Å²) in [7, 11) is -0.559. The smallest absolute Gasteiger partial charge is 0.264 e.